The lowest BCUT2D eigenvalue weighted by Crippen LogP contribution is -2.44. The average molecular weight is 668 g/mol. The highest BCUT2D eigenvalue weighted by Gasteiger charge is 2.50. The van der Waals surface area contributed by atoms with Crippen molar-refractivity contribution in [1.82, 2.24) is 19.8 Å². The van der Waals surface area contributed by atoms with Crippen LogP contribution in [0.3, 0.4) is 0 Å². The Morgan fingerprint density at radius 3 is 2.91 bits per heavy atom. The quantitative estimate of drug-likeness (QED) is 0.443. The number of fused-ring (bicyclic) bond motifs is 4. The Balaban J connectivity index is 1.25. The Labute approximate surface area is 279 Å². The molecule has 1 aliphatic carbocycles. The van der Waals surface area contributed by atoms with E-state index in [4.69, 9.17) is 41.8 Å². The minimum Gasteiger partial charge on any atom is -0.508 e. The summed E-state index contributed by atoms with van der Waals surface area (Å²) in [7, 11) is 3.32. The molecule has 5 aliphatic rings. The van der Waals surface area contributed by atoms with Gasteiger partial charge in [0.2, 0.25) is 0 Å². The van der Waals surface area contributed by atoms with Crippen molar-refractivity contribution < 1.29 is 23.8 Å². The van der Waals surface area contributed by atoms with Crippen LogP contribution in [-0.4, -0.2) is 102 Å². The highest BCUT2D eigenvalue weighted by molar-refractivity contribution is 6.31. The summed E-state index contributed by atoms with van der Waals surface area (Å²) in [5.41, 5.74) is 9.51. The van der Waals surface area contributed by atoms with Crippen LogP contribution in [-0.2, 0) is 34.6 Å². The Hall–Kier alpha value is -3.48. The molecule has 1 aromatic heterocycles. The Morgan fingerprint density at radius 1 is 1.23 bits per heavy atom. The number of amides is 1. The number of hydrogen-bond acceptors (Lipinski definition) is 10. The number of aromatic nitrogens is 2. The number of anilines is 1. The average Bonchev–Trinajstić information content (AvgIpc) is 3.45. The van der Waals surface area contributed by atoms with Gasteiger partial charge >= 0.3 is 6.01 Å². The van der Waals surface area contributed by atoms with E-state index in [1.54, 1.807) is 32.3 Å². The predicted molar refractivity (Wildman–Crippen MR) is 177 cm³/mol. The van der Waals surface area contributed by atoms with Crippen LogP contribution >= 0.6 is 11.6 Å². The number of nitrogens with zero attached hydrogens (tertiary/aromatic N) is 6. The first kappa shape index (κ1) is 32.1. The fraction of sp³-hybridized carbons (Fsp3) is 0.588. The molecule has 2 fully saturated rings. The molecule has 5 heterocycles. The van der Waals surface area contributed by atoms with Gasteiger partial charge in [-0.2, -0.15) is 9.97 Å². The van der Waals surface area contributed by atoms with E-state index >= 15 is 0 Å². The molecule has 1 unspecified atom stereocenters. The van der Waals surface area contributed by atoms with Gasteiger partial charge in [0.15, 0.2) is 0 Å². The number of phenols is 1. The first-order valence-corrected chi connectivity index (χ1v) is 17.0. The number of benzene rings is 1. The van der Waals surface area contributed by atoms with E-state index in [0.29, 0.717) is 62.2 Å². The van der Waals surface area contributed by atoms with Crippen LogP contribution in [0.25, 0.3) is 0 Å². The van der Waals surface area contributed by atoms with E-state index in [-0.39, 0.29) is 35.5 Å². The largest absolute Gasteiger partial charge is 0.508 e. The minimum atomic E-state index is -0.861. The van der Waals surface area contributed by atoms with Gasteiger partial charge in [0.1, 0.15) is 24.3 Å². The zero-order valence-corrected chi connectivity index (χ0v) is 27.9. The number of hydrogen-bond donors (Lipinski definition) is 2. The standard InChI is InChI=1S/C34H43ClFN7O4/c1-41(2)31(45)28(37)12-22-18-42(10-5-9-38-22)30-25-19-47-34(8-3-6-24-26(34)13-23(44)14-27(24)35)16-29(25)39-32(40-30)46-20-33-7-4-11-43(33)17-21(36)15-33/h12-14,21,44H,3-11,15-20,37H2,1-2H3/t21-,33+,34?/m1/s1. The second-order valence-corrected chi connectivity index (χ2v) is 14.2. The van der Waals surface area contributed by atoms with Crippen molar-refractivity contribution in [2.45, 2.75) is 75.3 Å². The lowest BCUT2D eigenvalue weighted by Gasteiger charge is -2.43. The van der Waals surface area contributed by atoms with Crippen LogP contribution in [0, 0.1) is 0 Å². The van der Waals surface area contributed by atoms with Gasteiger partial charge in [-0.25, -0.2) is 4.39 Å². The van der Waals surface area contributed by atoms with Crippen molar-refractivity contribution in [3.05, 3.63) is 51.3 Å². The van der Waals surface area contributed by atoms with Crippen molar-refractivity contribution in [3.8, 4) is 11.8 Å². The molecule has 13 heteroatoms. The normalized spacial score (nSPS) is 27.6. The number of ether oxygens (including phenoxy) is 2. The minimum absolute atomic E-state index is 0.108. The molecule has 0 radical (unpaired) electrons. The van der Waals surface area contributed by atoms with Gasteiger partial charge in [0.25, 0.3) is 5.91 Å². The van der Waals surface area contributed by atoms with Gasteiger partial charge in [-0.05, 0) is 74.4 Å². The first-order valence-electron chi connectivity index (χ1n) is 16.6. The topological polar surface area (TPSA) is 130 Å². The molecule has 47 heavy (non-hydrogen) atoms. The van der Waals surface area contributed by atoms with E-state index in [9.17, 15) is 14.3 Å². The van der Waals surface area contributed by atoms with Gasteiger partial charge in [-0.15, -0.1) is 0 Å². The molecule has 252 valence electrons. The van der Waals surface area contributed by atoms with Crippen molar-refractivity contribution >= 4 is 29.0 Å². The first-order chi connectivity index (χ1) is 22.6. The highest BCUT2D eigenvalue weighted by Crippen LogP contribution is 2.48. The summed E-state index contributed by atoms with van der Waals surface area (Å²) in [5.74, 6) is 0.524. The molecule has 0 saturated carbocycles. The molecule has 1 aromatic carbocycles. The number of nitrogens with two attached hydrogens (primary N) is 1. The lowest BCUT2D eigenvalue weighted by molar-refractivity contribution is -0.124. The maximum Gasteiger partial charge on any atom is 0.318 e. The van der Waals surface area contributed by atoms with Crippen LogP contribution in [0.2, 0.25) is 5.02 Å². The molecule has 4 aliphatic heterocycles. The lowest BCUT2D eigenvalue weighted by atomic mass is 9.74. The summed E-state index contributed by atoms with van der Waals surface area (Å²) >= 11 is 6.61. The zero-order chi connectivity index (χ0) is 32.9. The van der Waals surface area contributed by atoms with Crippen LogP contribution < -0.4 is 15.4 Å². The number of rotatable bonds is 6. The SMILES string of the molecule is CN(C)C(=O)C(N)=CC1=NCCCN(c2nc(OC[C@@]34CCCN3C[C@H](F)C4)nc3c2COC2(CCCc4c(Cl)cc(O)cc42)C3)C1. The van der Waals surface area contributed by atoms with E-state index in [0.717, 1.165) is 67.5 Å². The third-order valence-electron chi connectivity index (χ3n) is 10.4. The monoisotopic (exact) mass is 667 g/mol. The summed E-state index contributed by atoms with van der Waals surface area (Å²) in [5, 5.41) is 11.1. The van der Waals surface area contributed by atoms with E-state index < -0.39 is 11.8 Å². The highest BCUT2D eigenvalue weighted by atomic mass is 35.5. The number of aromatic hydroxyl groups is 1. The Morgan fingerprint density at radius 2 is 2.09 bits per heavy atom. The molecule has 3 N–H and O–H groups in total. The van der Waals surface area contributed by atoms with Crippen LogP contribution in [0.5, 0.6) is 11.8 Å². The second-order valence-electron chi connectivity index (χ2n) is 13.8. The van der Waals surface area contributed by atoms with Crippen LogP contribution in [0.4, 0.5) is 10.2 Å². The predicted octanol–water partition coefficient (Wildman–Crippen LogP) is 3.68. The van der Waals surface area contributed by atoms with E-state index in [1.165, 1.54) is 4.90 Å². The molecule has 7 rings (SSSR count). The van der Waals surface area contributed by atoms with Crippen molar-refractivity contribution in [1.29, 1.82) is 0 Å². The zero-order valence-electron chi connectivity index (χ0n) is 27.1. The summed E-state index contributed by atoms with van der Waals surface area (Å²) in [6.45, 7) is 3.55. The van der Waals surface area contributed by atoms with Crippen molar-refractivity contribution in [2.24, 2.45) is 10.7 Å². The summed E-state index contributed by atoms with van der Waals surface area (Å²) in [4.78, 5) is 33.0. The molecule has 11 nitrogen and oxygen atoms in total. The number of alkyl halides is 1. The fourth-order valence-corrected chi connectivity index (χ4v) is 8.48. The van der Waals surface area contributed by atoms with Crippen molar-refractivity contribution in [2.75, 3.05) is 58.3 Å². The van der Waals surface area contributed by atoms with Gasteiger partial charge in [-0.3, -0.25) is 14.7 Å². The maximum absolute atomic E-state index is 14.6. The van der Waals surface area contributed by atoms with Crippen molar-refractivity contribution in [3.63, 3.8) is 0 Å². The molecule has 2 saturated heterocycles. The van der Waals surface area contributed by atoms with E-state index in [2.05, 4.69) is 9.80 Å². The second kappa shape index (κ2) is 12.5. The number of aliphatic imine (C=N–C) groups is 1. The molecule has 2 aromatic rings. The number of likely N-dealkylation sites (N-methyl/N-ethyl adjacent to an activating group) is 1. The number of carbonyl (C=O) groups is 1. The molecular weight excluding hydrogens is 625 g/mol. The smallest absolute Gasteiger partial charge is 0.318 e. The van der Waals surface area contributed by atoms with Gasteiger partial charge in [0.05, 0.1) is 41.4 Å². The maximum atomic E-state index is 14.6. The van der Waals surface area contributed by atoms with Gasteiger partial charge < -0.3 is 30.1 Å². The Kier molecular flexibility index (Phi) is 8.55. The Bertz CT molecular complexity index is 1640. The number of carbonyl (C=O) groups excluding carboxylic acids is 1. The molecule has 0 bridgehead atoms. The fourth-order valence-electron chi connectivity index (χ4n) is 8.18. The summed E-state index contributed by atoms with van der Waals surface area (Å²) < 4.78 is 27.7. The van der Waals surface area contributed by atoms with Gasteiger partial charge in [-0.1, -0.05) is 11.6 Å². The third kappa shape index (κ3) is 6.04. The molecular formula is C34H43ClFN7O4. The van der Waals surface area contributed by atoms with Gasteiger partial charge in [0, 0.05) is 57.2 Å². The molecule has 1 amide bonds. The van der Waals surface area contributed by atoms with E-state index in [1.807, 2.05) is 0 Å². The number of phenolic OH excluding ortho intramolecular Hbond substituents is 1. The summed E-state index contributed by atoms with van der Waals surface area (Å²) in [6.07, 6.45) is 6.84. The third-order valence-corrected chi connectivity index (χ3v) is 10.8. The molecule has 1 spiro atoms. The summed E-state index contributed by atoms with van der Waals surface area (Å²) in [6, 6.07) is 3.62. The molecule has 3 atom stereocenters. The van der Waals surface area contributed by atoms with Crippen LogP contribution in [0.15, 0.2) is 28.9 Å². The number of halogens is 2. The van der Waals surface area contributed by atoms with Crippen LogP contribution in [0.1, 0.15) is 60.9 Å².